The lowest BCUT2D eigenvalue weighted by molar-refractivity contribution is 0.669. The number of hydrogen-bond acceptors (Lipinski definition) is 6. The summed E-state index contributed by atoms with van der Waals surface area (Å²) in [5.74, 6) is 1.83. The van der Waals surface area contributed by atoms with Gasteiger partial charge in [0.1, 0.15) is 16.2 Å². The third-order valence-corrected chi connectivity index (χ3v) is 10.2. The summed E-state index contributed by atoms with van der Waals surface area (Å²) in [5, 5.41) is 5.38. The van der Waals surface area contributed by atoms with Crippen LogP contribution in [0.15, 0.2) is 162 Å². The molecule has 0 fully saturated rings. The molecule has 0 bridgehead atoms. The van der Waals surface area contributed by atoms with Crippen LogP contribution in [0.5, 0.6) is 0 Å². The summed E-state index contributed by atoms with van der Waals surface area (Å²) in [5.41, 5.74) is 8.62. The maximum Gasteiger partial charge on any atom is 0.164 e. The molecule has 3 heterocycles. The first-order valence-corrected chi connectivity index (χ1v) is 17.3. The van der Waals surface area contributed by atoms with Crippen LogP contribution in [0.2, 0.25) is 0 Å². The van der Waals surface area contributed by atoms with Crippen LogP contribution >= 0.6 is 11.3 Å². The van der Waals surface area contributed by atoms with Crippen LogP contribution in [-0.4, -0.2) is 19.9 Å². The van der Waals surface area contributed by atoms with E-state index in [-0.39, 0.29) is 0 Å². The highest BCUT2D eigenvalue weighted by molar-refractivity contribution is 7.21. The predicted molar refractivity (Wildman–Crippen MR) is 205 cm³/mol. The molecule has 234 valence electrons. The van der Waals surface area contributed by atoms with Crippen molar-refractivity contribution in [2.45, 2.75) is 0 Å². The molecule has 0 aliphatic heterocycles. The Kier molecular flexibility index (Phi) is 6.60. The molecule has 6 heteroatoms. The normalized spacial score (nSPS) is 11.6. The van der Waals surface area contributed by atoms with E-state index in [0.29, 0.717) is 17.5 Å². The summed E-state index contributed by atoms with van der Waals surface area (Å²) >= 11 is 1.69. The van der Waals surface area contributed by atoms with Gasteiger partial charge in [-0.05, 0) is 40.1 Å². The molecule has 10 aromatic rings. The average Bonchev–Trinajstić information content (AvgIpc) is 3.78. The van der Waals surface area contributed by atoms with Crippen LogP contribution in [0.3, 0.4) is 0 Å². The smallest absolute Gasteiger partial charge is 0.164 e. The lowest BCUT2D eigenvalue weighted by Crippen LogP contribution is -2.00. The number of aromatic nitrogens is 4. The van der Waals surface area contributed by atoms with Gasteiger partial charge in [0, 0.05) is 39.1 Å². The number of benzene rings is 7. The molecule has 0 atom stereocenters. The highest BCUT2D eigenvalue weighted by atomic mass is 32.1. The van der Waals surface area contributed by atoms with Gasteiger partial charge in [-0.2, -0.15) is 0 Å². The van der Waals surface area contributed by atoms with E-state index in [9.17, 15) is 0 Å². The molecule has 0 aliphatic carbocycles. The summed E-state index contributed by atoms with van der Waals surface area (Å²) in [6.45, 7) is 0. The molecule has 0 aliphatic rings. The molecule has 7 aromatic carbocycles. The Hall–Kier alpha value is -6.50. The maximum absolute atomic E-state index is 6.47. The van der Waals surface area contributed by atoms with Crippen molar-refractivity contribution in [3.63, 3.8) is 0 Å². The molecule has 5 nitrogen and oxygen atoms in total. The largest absolute Gasteiger partial charge is 0.456 e. The fourth-order valence-electron chi connectivity index (χ4n) is 6.66. The quantitative estimate of drug-likeness (QED) is 0.184. The summed E-state index contributed by atoms with van der Waals surface area (Å²) in [4.78, 5) is 20.2. The van der Waals surface area contributed by atoms with Gasteiger partial charge in [-0.1, -0.05) is 133 Å². The van der Waals surface area contributed by atoms with E-state index in [1.807, 2.05) is 48.5 Å². The second-order valence-electron chi connectivity index (χ2n) is 12.3. The van der Waals surface area contributed by atoms with Crippen molar-refractivity contribution in [2.24, 2.45) is 0 Å². The van der Waals surface area contributed by atoms with Gasteiger partial charge >= 0.3 is 0 Å². The Morgan fingerprint density at radius 1 is 0.420 bits per heavy atom. The standard InChI is InChI=1S/C44H26N4OS/c1-3-10-27(11-4-1)29-18-21-31(22-19-29)42-46-41(30-13-5-2-6-14-30)47-43(48-42)34-16-9-17-37-40(34)35-25-39-36(26-38(35)49-37)45-44(50-39)33-23-20-28-12-7-8-15-32(28)24-33/h1-26H. The summed E-state index contributed by atoms with van der Waals surface area (Å²) < 4.78 is 7.57. The number of thiazole rings is 1. The van der Waals surface area contributed by atoms with Crippen molar-refractivity contribution in [2.75, 3.05) is 0 Å². The van der Waals surface area contributed by atoms with Gasteiger partial charge in [0.25, 0.3) is 0 Å². The van der Waals surface area contributed by atoms with Gasteiger partial charge in [-0.15, -0.1) is 11.3 Å². The van der Waals surface area contributed by atoms with Crippen molar-refractivity contribution in [1.29, 1.82) is 0 Å². The molecular formula is C44H26N4OS. The van der Waals surface area contributed by atoms with E-state index >= 15 is 0 Å². The molecule has 0 N–H and O–H groups in total. The SMILES string of the molecule is c1ccc(-c2ccc(-c3nc(-c4ccccc4)nc(-c4cccc5oc6cc7nc(-c8ccc9ccccc9c8)sc7cc6c45)n3)cc2)cc1. The zero-order valence-corrected chi connectivity index (χ0v) is 27.4. The zero-order chi connectivity index (χ0) is 33.0. The van der Waals surface area contributed by atoms with Crippen LogP contribution in [-0.2, 0) is 0 Å². The van der Waals surface area contributed by atoms with E-state index in [1.165, 1.54) is 16.3 Å². The number of nitrogens with zero attached hydrogens (tertiary/aromatic N) is 4. The Morgan fingerprint density at radius 2 is 1.04 bits per heavy atom. The molecule has 10 rings (SSSR count). The average molecular weight is 659 g/mol. The Morgan fingerprint density at radius 3 is 1.82 bits per heavy atom. The summed E-state index contributed by atoms with van der Waals surface area (Å²) in [6, 6.07) is 54.1. The van der Waals surface area contributed by atoms with Gasteiger partial charge < -0.3 is 4.42 Å². The predicted octanol–water partition coefficient (Wildman–Crippen LogP) is 11.9. The van der Waals surface area contributed by atoms with Crippen LogP contribution in [0, 0.1) is 0 Å². The lowest BCUT2D eigenvalue weighted by Gasteiger charge is -2.10. The van der Waals surface area contributed by atoms with Crippen molar-refractivity contribution in [3.05, 3.63) is 158 Å². The first-order chi connectivity index (χ1) is 24.7. The zero-order valence-electron chi connectivity index (χ0n) is 26.6. The van der Waals surface area contributed by atoms with Crippen LogP contribution in [0.1, 0.15) is 0 Å². The van der Waals surface area contributed by atoms with E-state index in [4.69, 9.17) is 24.4 Å². The third kappa shape index (κ3) is 4.93. The molecule has 0 amide bonds. The first kappa shape index (κ1) is 28.5. The highest BCUT2D eigenvalue weighted by Gasteiger charge is 2.19. The Labute approximate surface area is 291 Å². The van der Waals surface area contributed by atoms with Gasteiger partial charge in [0.15, 0.2) is 17.5 Å². The molecule has 0 saturated heterocycles. The van der Waals surface area contributed by atoms with Crippen molar-refractivity contribution >= 4 is 54.3 Å². The molecule has 0 spiro atoms. The molecule has 0 radical (unpaired) electrons. The number of rotatable bonds is 5. The van der Waals surface area contributed by atoms with E-state index in [1.54, 1.807) is 11.3 Å². The monoisotopic (exact) mass is 658 g/mol. The minimum absolute atomic E-state index is 0.593. The summed E-state index contributed by atoms with van der Waals surface area (Å²) in [7, 11) is 0. The first-order valence-electron chi connectivity index (χ1n) is 16.5. The van der Waals surface area contributed by atoms with Crippen molar-refractivity contribution < 1.29 is 4.42 Å². The van der Waals surface area contributed by atoms with E-state index in [2.05, 4.69) is 109 Å². The number of hydrogen-bond donors (Lipinski definition) is 0. The second kappa shape index (κ2) is 11.6. The minimum Gasteiger partial charge on any atom is -0.456 e. The Bertz CT molecular complexity index is 2860. The third-order valence-electron chi connectivity index (χ3n) is 9.16. The second-order valence-corrected chi connectivity index (χ2v) is 13.3. The topological polar surface area (TPSA) is 64.7 Å². The van der Waals surface area contributed by atoms with Crippen molar-refractivity contribution in [3.8, 4) is 55.9 Å². The maximum atomic E-state index is 6.47. The van der Waals surface area contributed by atoms with Crippen LogP contribution in [0.4, 0.5) is 0 Å². The fraction of sp³-hybridized carbons (Fsp3) is 0. The minimum atomic E-state index is 0.593. The molecule has 3 aromatic heterocycles. The van der Waals surface area contributed by atoms with Gasteiger partial charge in [-0.3, -0.25) is 0 Å². The highest BCUT2D eigenvalue weighted by Crippen LogP contribution is 2.41. The molecule has 0 unspecified atom stereocenters. The van der Waals surface area contributed by atoms with Gasteiger partial charge in [0.05, 0.1) is 10.2 Å². The van der Waals surface area contributed by atoms with Gasteiger partial charge in [-0.25, -0.2) is 19.9 Å². The molecule has 50 heavy (non-hydrogen) atoms. The van der Waals surface area contributed by atoms with Gasteiger partial charge in [0.2, 0.25) is 0 Å². The lowest BCUT2D eigenvalue weighted by atomic mass is 10.0. The van der Waals surface area contributed by atoms with E-state index in [0.717, 1.165) is 65.0 Å². The summed E-state index contributed by atoms with van der Waals surface area (Å²) in [6.07, 6.45) is 0. The number of fused-ring (bicyclic) bond motifs is 5. The van der Waals surface area contributed by atoms with Crippen molar-refractivity contribution in [1.82, 2.24) is 19.9 Å². The van der Waals surface area contributed by atoms with Crippen LogP contribution in [0.25, 0.3) is 98.8 Å². The molecule has 0 saturated carbocycles. The van der Waals surface area contributed by atoms with Crippen LogP contribution < -0.4 is 0 Å². The molecular weight excluding hydrogens is 633 g/mol. The van der Waals surface area contributed by atoms with E-state index < -0.39 is 0 Å². The Balaban J connectivity index is 1.12. The fourth-order valence-corrected chi connectivity index (χ4v) is 7.65. The number of furan rings is 1.